The molecule has 0 saturated carbocycles. The van der Waals surface area contributed by atoms with Gasteiger partial charge in [-0.05, 0) is 108 Å². The zero-order chi connectivity index (χ0) is 48.9. The normalized spacial score (nSPS) is 23.7. The Morgan fingerprint density at radius 2 is 1.54 bits per heavy atom. The number of aliphatic hydroxyl groups excluding tert-OH is 1. The van der Waals surface area contributed by atoms with Crippen LogP contribution in [0.25, 0.3) is 0 Å². The average Bonchev–Trinajstić information content (AvgIpc) is 3.87. The van der Waals surface area contributed by atoms with Crippen LogP contribution in [0.15, 0.2) is 139 Å². The molecular weight excluding hydrogens is 901 g/mol. The van der Waals surface area contributed by atoms with E-state index in [0.717, 1.165) is 47.4 Å². The van der Waals surface area contributed by atoms with Gasteiger partial charge >= 0.3 is 12.1 Å². The van der Waals surface area contributed by atoms with Crippen LogP contribution < -0.4 is 19.9 Å². The molecule has 6 atom stereocenters. The lowest BCUT2D eigenvalue weighted by Crippen LogP contribution is -2.54. The molecule has 1 aliphatic carbocycles. The lowest BCUT2D eigenvalue weighted by molar-refractivity contribution is -0.177. The van der Waals surface area contributed by atoms with Crippen molar-refractivity contribution >= 4 is 40.9 Å². The van der Waals surface area contributed by atoms with E-state index in [1.165, 1.54) is 7.11 Å². The molecule has 5 aliphatic rings. The number of nitrogens with one attached hydrogen (secondary N) is 1. The second-order valence-corrected chi connectivity index (χ2v) is 18.2. The van der Waals surface area contributed by atoms with E-state index in [4.69, 9.17) is 23.7 Å². The maximum absolute atomic E-state index is 16.5. The van der Waals surface area contributed by atoms with Gasteiger partial charge in [0.25, 0.3) is 0 Å². The number of morpholine rings is 2. The minimum Gasteiger partial charge on any atom is -0.491 e. The number of hydrogen-bond acceptors (Lipinski definition) is 12. The first-order chi connectivity index (χ1) is 34.8. The van der Waals surface area contributed by atoms with E-state index in [-0.39, 0.29) is 32.1 Å². The highest BCUT2D eigenvalue weighted by Gasteiger charge is 2.75. The van der Waals surface area contributed by atoms with Gasteiger partial charge in [0.2, 0.25) is 11.8 Å². The summed E-state index contributed by atoms with van der Waals surface area (Å²) in [4.78, 5) is 67.8. The fourth-order valence-electron chi connectivity index (χ4n) is 11.1. The molecule has 5 aromatic carbocycles. The third-order valence-corrected chi connectivity index (χ3v) is 14.2. The number of ether oxygens (including phenoxy) is 5. The first kappa shape index (κ1) is 47.4. The fourth-order valence-corrected chi connectivity index (χ4v) is 11.1. The molecular formula is C57H56N4O10. The SMILES string of the molecule is COCCOC(=O)N1C(=O)[C@@]2(c3cc(C#CC4=CCCCC4)ccc31)[C@H](c1ccc(OCCO)cc1)N1[C@H](c3ccccc3)[C@H](c3ccccc3)OC(=O)[C@H]1[C@@H]2C(=O)Nc1ccc(N2CCOCC2)cc1. The Morgan fingerprint density at radius 3 is 2.23 bits per heavy atom. The summed E-state index contributed by atoms with van der Waals surface area (Å²) in [5.41, 5.74) is 3.49. The molecule has 4 aliphatic heterocycles. The van der Waals surface area contributed by atoms with E-state index in [0.29, 0.717) is 60.0 Å². The number of allylic oxidation sites excluding steroid dienone is 2. The number of carbonyl (C=O) groups excluding carboxylic acids is 4. The average molecular weight is 957 g/mol. The Balaban J connectivity index is 1.23. The Bertz CT molecular complexity index is 2840. The number of anilines is 3. The number of hydrogen-bond donors (Lipinski definition) is 2. The molecule has 71 heavy (non-hydrogen) atoms. The van der Waals surface area contributed by atoms with E-state index in [1.54, 1.807) is 42.5 Å². The standard InChI is InChI=1S/C57H56N4O10/c1-67-35-36-70-56(66)60-47-28-19-39(18-17-38-11-5-2-6-12-38)37-46(47)57(55(60)65)48(53(63)58-43-22-24-44(25-23-43)59-29-32-68-33-30-59)50-54(64)71-51(41-15-9-4-10-16-41)49(40-13-7-3-8-14-40)61(50)52(57)42-20-26-45(27-21-42)69-34-31-62/h3-4,7-11,13-16,19-28,37,48-52,62H,2,5-6,12,29-36H2,1H3,(H,58,63)/t48-,49-,50-,51+,52+,57-/m1/s1. The summed E-state index contributed by atoms with van der Waals surface area (Å²) in [7, 11) is 1.48. The van der Waals surface area contributed by atoms with E-state index in [9.17, 15) is 9.90 Å². The van der Waals surface area contributed by atoms with Crippen molar-refractivity contribution in [2.45, 2.75) is 55.3 Å². The van der Waals surface area contributed by atoms with Gasteiger partial charge in [-0.1, -0.05) is 90.7 Å². The van der Waals surface area contributed by atoms with Gasteiger partial charge in [0, 0.05) is 37.1 Å². The summed E-state index contributed by atoms with van der Waals surface area (Å²) < 4.78 is 29.0. The quantitative estimate of drug-likeness (QED) is 0.0711. The van der Waals surface area contributed by atoms with E-state index in [2.05, 4.69) is 28.1 Å². The lowest BCUT2D eigenvalue weighted by atomic mass is 9.65. The molecule has 0 bridgehead atoms. The summed E-state index contributed by atoms with van der Waals surface area (Å²) in [6.07, 6.45) is 4.19. The summed E-state index contributed by atoms with van der Waals surface area (Å²) in [5.74, 6) is 3.53. The molecule has 0 unspecified atom stereocenters. The van der Waals surface area contributed by atoms with Crippen molar-refractivity contribution in [3.8, 4) is 17.6 Å². The van der Waals surface area contributed by atoms with Crippen molar-refractivity contribution in [1.82, 2.24) is 4.90 Å². The maximum Gasteiger partial charge on any atom is 0.421 e. The smallest absolute Gasteiger partial charge is 0.421 e. The number of esters is 1. The number of imide groups is 1. The number of methoxy groups -OCH3 is 1. The molecule has 0 radical (unpaired) electrons. The van der Waals surface area contributed by atoms with Crippen LogP contribution in [-0.4, -0.2) is 99.8 Å². The van der Waals surface area contributed by atoms with Crippen LogP contribution in [0.4, 0.5) is 21.9 Å². The molecule has 1 spiro atoms. The number of aliphatic hydroxyl groups is 1. The summed E-state index contributed by atoms with van der Waals surface area (Å²) in [6.45, 7) is 2.39. The first-order valence-corrected chi connectivity index (χ1v) is 24.3. The molecule has 10 rings (SSSR count). The van der Waals surface area contributed by atoms with Gasteiger partial charge in [0.1, 0.15) is 36.5 Å². The van der Waals surface area contributed by atoms with Gasteiger partial charge in [-0.15, -0.1) is 0 Å². The zero-order valence-electron chi connectivity index (χ0n) is 39.5. The van der Waals surface area contributed by atoms with Crippen LogP contribution in [0.1, 0.15) is 71.7 Å². The monoisotopic (exact) mass is 956 g/mol. The summed E-state index contributed by atoms with van der Waals surface area (Å²) in [6, 6.07) is 35.5. The lowest BCUT2D eigenvalue weighted by Gasteiger charge is -2.46. The van der Waals surface area contributed by atoms with Crippen LogP contribution in [-0.2, 0) is 38.7 Å². The van der Waals surface area contributed by atoms with Crippen LogP contribution in [0.3, 0.4) is 0 Å². The highest BCUT2D eigenvalue weighted by atomic mass is 16.6. The van der Waals surface area contributed by atoms with Crippen molar-refractivity contribution < 1.29 is 48.0 Å². The topological polar surface area (TPSA) is 156 Å². The van der Waals surface area contributed by atoms with Gasteiger partial charge in [-0.25, -0.2) is 9.69 Å². The molecule has 3 amide bonds. The van der Waals surface area contributed by atoms with Gasteiger partial charge in [-0.2, -0.15) is 0 Å². The Labute approximate surface area is 413 Å². The highest BCUT2D eigenvalue weighted by molar-refractivity contribution is 6.24. The number of rotatable bonds is 12. The number of nitrogens with zero attached hydrogens (tertiary/aromatic N) is 3. The molecule has 5 aromatic rings. The molecule has 0 aromatic heterocycles. The Hall–Kier alpha value is -7.28. The highest BCUT2D eigenvalue weighted by Crippen LogP contribution is 2.66. The zero-order valence-corrected chi connectivity index (χ0v) is 39.5. The van der Waals surface area contributed by atoms with Crippen LogP contribution in [0, 0.1) is 17.8 Å². The predicted octanol–water partition coefficient (Wildman–Crippen LogP) is 7.83. The predicted molar refractivity (Wildman–Crippen MR) is 266 cm³/mol. The first-order valence-electron chi connectivity index (χ1n) is 24.3. The molecule has 14 heteroatoms. The largest absolute Gasteiger partial charge is 0.491 e. The Morgan fingerprint density at radius 1 is 0.803 bits per heavy atom. The second kappa shape index (κ2) is 21.0. The van der Waals surface area contributed by atoms with Crippen LogP contribution >= 0.6 is 0 Å². The number of fused-ring (bicyclic) bond motifs is 3. The minimum absolute atomic E-state index is 0.0456. The van der Waals surface area contributed by atoms with Gasteiger partial charge in [0.15, 0.2) is 0 Å². The summed E-state index contributed by atoms with van der Waals surface area (Å²) in [5, 5.41) is 12.8. The fraction of sp³-hybridized carbons (Fsp3) is 0.333. The maximum atomic E-state index is 16.5. The Kier molecular flexibility index (Phi) is 14.0. The molecule has 14 nitrogen and oxygen atoms in total. The minimum atomic E-state index is -2.02. The van der Waals surface area contributed by atoms with E-state index < -0.39 is 59.4 Å². The van der Waals surface area contributed by atoms with Gasteiger partial charge < -0.3 is 39.0 Å². The third-order valence-electron chi connectivity index (χ3n) is 14.2. The molecule has 4 heterocycles. The molecule has 2 N–H and O–H groups in total. The van der Waals surface area contributed by atoms with Crippen molar-refractivity contribution in [3.63, 3.8) is 0 Å². The molecule has 3 fully saturated rings. The van der Waals surface area contributed by atoms with Crippen molar-refractivity contribution in [1.29, 1.82) is 0 Å². The van der Waals surface area contributed by atoms with E-state index in [1.807, 2.05) is 89.8 Å². The number of carbonyl (C=O) groups is 4. The van der Waals surface area contributed by atoms with Gasteiger partial charge in [-0.3, -0.25) is 19.3 Å². The molecule has 364 valence electrons. The number of cyclic esters (lactones) is 1. The van der Waals surface area contributed by atoms with Crippen molar-refractivity contribution in [2.24, 2.45) is 5.92 Å². The second-order valence-electron chi connectivity index (χ2n) is 18.2. The number of benzene rings is 5. The van der Waals surface area contributed by atoms with E-state index >= 15 is 14.4 Å². The van der Waals surface area contributed by atoms with Crippen molar-refractivity contribution in [3.05, 3.63) is 167 Å². The van der Waals surface area contributed by atoms with Crippen LogP contribution in [0.2, 0.25) is 0 Å². The summed E-state index contributed by atoms with van der Waals surface area (Å²) >= 11 is 0. The number of amides is 3. The molecule has 3 saturated heterocycles. The van der Waals surface area contributed by atoms with Crippen LogP contribution in [0.5, 0.6) is 5.75 Å². The third kappa shape index (κ3) is 9.06. The van der Waals surface area contributed by atoms with Gasteiger partial charge in [0.05, 0.1) is 50.1 Å². The van der Waals surface area contributed by atoms with Crippen molar-refractivity contribution in [2.75, 3.05) is 75.0 Å².